The van der Waals surface area contributed by atoms with Crippen molar-refractivity contribution in [1.82, 2.24) is 0 Å². The van der Waals surface area contributed by atoms with E-state index < -0.39 is 27.6 Å². The van der Waals surface area contributed by atoms with Crippen LogP contribution in [-0.4, -0.2) is 21.4 Å². The molecule has 0 atom stereocenters. The Balaban J connectivity index is 1.78. The fourth-order valence-corrected chi connectivity index (χ4v) is 3.53. The first-order chi connectivity index (χ1) is 13.8. The van der Waals surface area contributed by atoms with Crippen molar-refractivity contribution in [1.29, 1.82) is 0 Å². The maximum absolute atomic E-state index is 13.7. The summed E-state index contributed by atoms with van der Waals surface area (Å²) >= 11 is 0. The standard InChI is InChI=1S/C20H16F2N2O4S/c1-28-16-6-8-17(9-7-16)29(26,27)24-15-4-2-3-13(11-15)20(25)23-19-10-5-14(21)12-18(19)22/h2-12,24H,1H3,(H,23,25). The van der Waals surface area contributed by atoms with E-state index in [0.717, 1.165) is 12.1 Å². The summed E-state index contributed by atoms with van der Waals surface area (Å²) in [6, 6.07) is 14.2. The predicted molar refractivity (Wildman–Crippen MR) is 105 cm³/mol. The normalized spacial score (nSPS) is 11.0. The first kappa shape index (κ1) is 20.3. The summed E-state index contributed by atoms with van der Waals surface area (Å²) in [5.74, 6) is -1.86. The van der Waals surface area contributed by atoms with Crippen molar-refractivity contribution in [3.63, 3.8) is 0 Å². The van der Waals surface area contributed by atoms with Gasteiger partial charge in [-0.05, 0) is 54.6 Å². The molecule has 0 unspecified atom stereocenters. The Hall–Kier alpha value is -3.46. The lowest BCUT2D eigenvalue weighted by atomic mass is 10.2. The molecule has 0 bridgehead atoms. The number of benzene rings is 3. The van der Waals surface area contributed by atoms with E-state index in [-0.39, 0.29) is 21.8 Å². The van der Waals surface area contributed by atoms with E-state index in [1.54, 1.807) is 0 Å². The van der Waals surface area contributed by atoms with Crippen LogP contribution in [0.5, 0.6) is 5.75 Å². The maximum Gasteiger partial charge on any atom is 0.261 e. The third-order valence-corrected chi connectivity index (χ3v) is 5.32. The van der Waals surface area contributed by atoms with E-state index in [0.29, 0.717) is 11.8 Å². The summed E-state index contributed by atoms with van der Waals surface area (Å²) in [5.41, 5.74) is 0.0392. The smallest absolute Gasteiger partial charge is 0.261 e. The van der Waals surface area contributed by atoms with Crippen LogP contribution in [-0.2, 0) is 10.0 Å². The number of methoxy groups -OCH3 is 1. The Morgan fingerprint density at radius 3 is 2.34 bits per heavy atom. The minimum atomic E-state index is -3.89. The minimum Gasteiger partial charge on any atom is -0.497 e. The van der Waals surface area contributed by atoms with Crippen LogP contribution in [0.15, 0.2) is 71.6 Å². The maximum atomic E-state index is 13.7. The fourth-order valence-electron chi connectivity index (χ4n) is 2.48. The van der Waals surface area contributed by atoms with Crippen molar-refractivity contribution in [2.24, 2.45) is 0 Å². The molecule has 0 aromatic heterocycles. The SMILES string of the molecule is COc1ccc(S(=O)(=O)Nc2cccc(C(=O)Nc3ccc(F)cc3F)c2)cc1. The Morgan fingerprint density at radius 1 is 0.966 bits per heavy atom. The van der Waals surface area contributed by atoms with Gasteiger partial charge in [0.25, 0.3) is 15.9 Å². The van der Waals surface area contributed by atoms with Crippen LogP contribution >= 0.6 is 0 Å². The Labute approximate surface area is 166 Å². The van der Waals surface area contributed by atoms with Gasteiger partial charge in [-0.2, -0.15) is 0 Å². The molecule has 3 rings (SSSR count). The molecule has 0 heterocycles. The number of halogens is 2. The van der Waals surface area contributed by atoms with Gasteiger partial charge < -0.3 is 10.1 Å². The quantitative estimate of drug-likeness (QED) is 0.633. The molecule has 150 valence electrons. The minimum absolute atomic E-state index is 0.0153. The van der Waals surface area contributed by atoms with Crippen molar-refractivity contribution in [3.8, 4) is 5.75 Å². The highest BCUT2D eigenvalue weighted by atomic mass is 32.2. The number of rotatable bonds is 6. The van der Waals surface area contributed by atoms with Gasteiger partial charge in [-0.3, -0.25) is 9.52 Å². The molecule has 3 aromatic carbocycles. The zero-order valence-corrected chi connectivity index (χ0v) is 16.0. The van der Waals surface area contributed by atoms with Gasteiger partial charge in [0.15, 0.2) is 0 Å². The number of carbonyl (C=O) groups excluding carboxylic acids is 1. The summed E-state index contributed by atoms with van der Waals surface area (Å²) in [5, 5.41) is 2.32. The highest BCUT2D eigenvalue weighted by molar-refractivity contribution is 7.92. The molecule has 1 amide bonds. The van der Waals surface area contributed by atoms with E-state index in [2.05, 4.69) is 10.0 Å². The van der Waals surface area contributed by atoms with Gasteiger partial charge in [-0.15, -0.1) is 0 Å². The fraction of sp³-hybridized carbons (Fsp3) is 0.0500. The number of hydrogen-bond acceptors (Lipinski definition) is 4. The van der Waals surface area contributed by atoms with Gasteiger partial charge in [-0.25, -0.2) is 17.2 Å². The largest absolute Gasteiger partial charge is 0.497 e. The molecule has 0 radical (unpaired) electrons. The molecule has 0 spiro atoms. The van der Waals surface area contributed by atoms with Gasteiger partial charge in [0, 0.05) is 17.3 Å². The van der Waals surface area contributed by atoms with Crippen molar-refractivity contribution in [2.45, 2.75) is 4.90 Å². The van der Waals surface area contributed by atoms with Crippen LogP contribution in [0.1, 0.15) is 10.4 Å². The summed E-state index contributed by atoms with van der Waals surface area (Å²) in [6.45, 7) is 0. The van der Waals surface area contributed by atoms with Crippen LogP contribution in [0.4, 0.5) is 20.2 Å². The molecular weight excluding hydrogens is 402 g/mol. The van der Waals surface area contributed by atoms with Crippen molar-refractivity contribution < 1.29 is 26.7 Å². The van der Waals surface area contributed by atoms with E-state index in [1.807, 2.05) is 0 Å². The van der Waals surface area contributed by atoms with Gasteiger partial charge in [-0.1, -0.05) is 6.07 Å². The molecule has 0 saturated heterocycles. The van der Waals surface area contributed by atoms with Crippen LogP contribution < -0.4 is 14.8 Å². The van der Waals surface area contributed by atoms with Crippen molar-refractivity contribution >= 4 is 27.3 Å². The van der Waals surface area contributed by atoms with E-state index in [9.17, 15) is 22.0 Å². The molecule has 0 saturated carbocycles. The summed E-state index contributed by atoms with van der Waals surface area (Å²) in [6.07, 6.45) is 0. The van der Waals surface area contributed by atoms with Crippen molar-refractivity contribution in [2.75, 3.05) is 17.1 Å². The average molecular weight is 418 g/mol. The van der Waals surface area contributed by atoms with Gasteiger partial charge in [0.1, 0.15) is 17.4 Å². The monoisotopic (exact) mass is 418 g/mol. The second kappa shape index (κ2) is 8.27. The molecule has 29 heavy (non-hydrogen) atoms. The number of anilines is 2. The summed E-state index contributed by atoms with van der Waals surface area (Å²) in [7, 11) is -2.42. The zero-order valence-electron chi connectivity index (χ0n) is 15.1. The van der Waals surface area contributed by atoms with Crippen LogP contribution in [0.25, 0.3) is 0 Å². The highest BCUT2D eigenvalue weighted by Crippen LogP contribution is 2.21. The van der Waals surface area contributed by atoms with E-state index in [1.165, 1.54) is 55.6 Å². The number of carbonyl (C=O) groups is 1. The van der Waals surface area contributed by atoms with Gasteiger partial charge in [0.2, 0.25) is 0 Å². The second-order valence-electron chi connectivity index (χ2n) is 5.94. The summed E-state index contributed by atoms with van der Waals surface area (Å²) < 4.78 is 59.1. The van der Waals surface area contributed by atoms with E-state index >= 15 is 0 Å². The van der Waals surface area contributed by atoms with Crippen molar-refractivity contribution in [3.05, 3.63) is 83.9 Å². The number of hydrogen-bond donors (Lipinski definition) is 2. The second-order valence-corrected chi connectivity index (χ2v) is 7.62. The molecule has 6 nitrogen and oxygen atoms in total. The Morgan fingerprint density at radius 2 is 1.69 bits per heavy atom. The average Bonchev–Trinajstić information content (AvgIpc) is 2.70. The van der Waals surface area contributed by atoms with Crippen LogP contribution in [0.3, 0.4) is 0 Å². The third kappa shape index (κ3) is 4.88. The first-order valence-electron chi connectivity index (χ1n) is 8.32. The topological polar surface area (TPSA) is 84.5 Å². The molecule has 0 fully saturated rings. The number of nitrogens with one attached hydrogen (secondary N) is 2. The Kier molecular flexibility index (Phi) is 5.79. The molecular formula is C20H16F2N2O4S. The number of sulfonamides is 1. The summed E-state index contributed by atoms with van der Waals surface area (Å²) in [4.78, 5) is 12.4. The predicted octanol–water partition coefficient (Wildman–Crippen LogP) is 4.03. The number of ether oxygens (including phenoxy) is 1. The molecule has 3 aromatic rings. The third-order valence-electron chi connectivity index (χ3n) is 3.93. The molecule has 0 aliphatic rings. The van der Waals surface area contributed by atoms with Gasteiger partial charge in [0.05, 0.1) is 17.7 Å². The number of amides is 1. The Bertz CT molecular complexity index is 1150. The van der Waals surface area contributed by atoms with Gasteiger partial charge >= 0.3 is 0 Å². The molecule has 2 N–H and O–H groups in total. The van der Waals surface area contributed by atoms with Crippen LogP contribution in [0.2, 0.25) is 0 Å². The van der Waals surface area contributed by atoms with Crippen LogP contribution in [0, 0.1) is 11.6 Å². The highest BCUT2D eigenvalue weighted by Gasteiger charge is 2.16. The lowest BCUT2D eigenvalue weighted by molar-refractivity contribution is 0.102. The lowest BCUT2D eigenvalue weighted by Crippen LogP contribution is -2.15. The molecule has 0 aliphatic heterocycles. The molecule has 9 heteroatoms. The lowest BCUT2D eigenvalue weighted by Gasteiger charge is -2.11. The van der Waals surface area contributed by atoms with E-state index in [4.69, 9.17) is 4.74 Å². The first-order valence-corrected chi connectivity index (χ1v) is 9.80. The zero-order chi connectivity index (χ0) is 21.0. The molecule has 0 aliphatic carbocycles.